The zero-order valence-corrected chi connectivity index (χ0v) is 20.6. The first-order chi connectivity index (χ1) is 16.8. The van der Waals surface area contributed by atoms with E-state index < -0.39 is 42.1 Å². The number of carbonyl (C=O) groups excluding carboxylic acids is 4. The van der Waals surface area contributed by atoms with E-state index in [4.69, 9.17) is 20.0 Å². The summed E-state index contributed by atoms with van der Waals surface area (Å²) in [6, 6.07) is -0.951. The Bertz CT molecular complexity index is 1060. The van der Waals surface area contributed by atoms with Crippen LogP contribution in [-0.4, -0.2) is 90.9 Å². The van der Waals surface area contributed by atoms with E-state index in [9.17, 15) is 19.2 Å². The maximum absolute atomic E-state index is 13.0. The molecule has 0 radical (unpaired) electrons. The predicted octanol–water partition coefficient (Wildman–Crippen LogP) is 0.0500. The number of methoxy groups -OCH3 is 1. The fourth-order valence-electron chi connectivity index (χ4n) is 3.22. The van der Waals surface area contributed by atoms with Crippen LogP contribution >= 0.6 is 23.1 Å². The number of amides is 2. The molecule has 35 heavy (non-hydrogen) atoms. The summed E-state index contributed by atoms with van der Waals surface area (Å²) in [4.78, 5) is 59.9. The number of nitrogens with one attached hydrogen (secondary N) is 1. The maximum atomic E-state index is 13.0. The Morgan fingerprint density at radius 1 is 1.29 bits per heavy atom. The molecule has 0 aromatic carbocycles. The molecule has 3 rings (SSSR count). The Hall–Kier alpha value is -3.37. The third-order valence-corrected chi connectivity index (χ3v) is 6.65. The van der Waals surface area contributed by atoms with Gasteiger partial charge in [0.1, 0.15) is 29.9 Å². The van der Waals surface area contributed by atoms with Crippen LogP contribution in [0.2, 0.25) is 0 Å². The summed E-state index contributed by atoms with van der Waals surface area (Å²) in [5.74, 6) is -1.80. The number of hydrogen-bond donors (Lipinski definition) is 2. The average molecular weight is 530 g/mol. The van der Waals surface area contributed by atoms with Gasteiger partial charge in [0.2, 0.25) is 6.79 Å². The summed E-state index contributed by atoms with van der Waals surface area (Å²) in [7, 11) is 2.71. The van der Waals surface area contributed by atoms with Gasteiger partial charge in [0, 0.05) is 18.2 Å². The molecule has 16 heteroatoms. The molecule has 1 aromatic rings. The van der Waals surface area contributed by atoms with Crippen LogP contribution in [0.15, 0.2) is 21.8 Å². The van der Waals surface area contributed by atoms with Crippen molar-refractivity contribution in [3.05, 3.63) is 22.3 Å². The standard InChI is InChI=1S/C19H23N5O9S2/c1-4-31-19(28)33-8-32-17(27)13-9(5-29-2)6-34-16-12(15(26)24(13)16)22-14(25)11(23-30-3)10-7-35-18(20)21-10/h7,12,16H,4-6,8H2,1-3H3,(H2,20,21)(H,22,25)/b23-11-/t12?,16-/m1/s1. The van der Waals surface area contributed by atoms with Crippen LogP contribution in [0.1, 0.15) is 12.6 Å². The van der Waals surface area contributed by atoms with Crippen LogP contribution < -0.4 is 11.1 Å². The monoisotopic (exact) mass is 529 g/mol. The second-order valence-corrected chi connectivity index (χ2v) is 8.81. The van der Waals surface area contributed by atoms with Gasteiger partial charge in [-0.25, -0.2) is 14.6 Å². The summed E-state index contributed by atoms with van der Waals surface area (Å²) in [6.07, 6.45) is -0.998. The quantitative estimate of drug-likeness (QED) is 0.137. The number of nitrogens with zero attached hydrogens (tertiary/aromatic N) is 3. The second-order valence-electron chi connectivity index (χ2n) is 6.82. The van der Waals surface area contributed by atoms with Crippen LogP contribution in [-0.2, 0) is 38.2 Å². The molecule has 0 saturated carbocycles. The third-order valence-electron chi connectivity index (χ3n) is 4.64. The van der Waals surface area contributed by atoms with Crippen molar-refractivity contribution in [1.82, 2.24) is 15.2 Å². The highest BCUT2D eigenvalue weighted by Gasteiger charge is 2.54. The lowest BCUT2D eigenvalue weighted by atomic mass is 10.0. The molecule has 3 heterocycles. The average Bonchev–Trinajstić information content (AvgIpc) is 3.26. The van der Waals surface area contributed by atoms with Crippen LogP contribution in [0.3, 0.4) is 0 Å². The summed E-state index contributed by atoms with van der Waals surface area (Å²) in [6.45, 7) is 1.06. The lowest BCUT2D eigenvalue weighted by Gasteiger charge is -2.49. The smallest absolute Gasteiger partial charge is 0.435 e. The molecule has 1 saturated heterocycles. The number of nitrogen functional groups attached to an aromatic ring is 1. The Morgan fingerprint density at radius 3 is 2.69 bits per heavy atom. The predicted molar refractivity (Wildman–Crippen MR) is 123 cm³/mol. The summed E-state index contributed by atoms with van der Waals surface area (Å²) in [5.41, 5.74) is 6.15. The van der Waals surface area contributed by atoms with Gasteiger partial charge in [-0.1, -0.05) is 5.16 Å². The van der Waals surface area contributed by atoms with Crippen molar-refractivity contribution in [1.29, 1.82) is 0 Å². The van der Waals surface area contributed by atoms with E-state index in [0.29, 0.717) is 11.3 Å². The minimum atomic E-state index is -0.998. The van der Waals surface area contributed by atoms with Gasteiger partial charge in [-0.3, -0.25) is 14.5 Å². The summed E-state index contributed by atoms with van der Waals surface area (Å²) in [5, 5.41) is 7.48. The minimum Gasteiger partial charge on any atom is -0.435 e. The zero-order chi connectivity index (χ0) is 25.5. The number of rotatable bonds is 10. The number of thioether (sulfide) groups is 1. The summed E-state index contributed by atoms with van der Waals surface area (Å²) < 4.78 is 19.4. The highest BCUT2D eigenvalue weighted by Crippen LogP contribution is 2.40. The van der Waals surface area contributed by atoms with Gasteiger partial charge in [0.05, 0.1) is 13.2 Å². The van der Waals surface area contributed by atoms with Crippen molar-refractivity contribution in [2.75, 3.05) is 45.7 Å². The van der Waals surface area contributed by atoms with Gasteiger partial charge < -0.3 is 34.8 Å². The molecular weight excluding hydrogens is 506 g/mol. The van der Waals surface area contributed by atoms with Crippen LogP contribution in [0.25, 0.3) is 0 Å². The van der Waals surface area contributed by atoms with Gasteiger partial charge in [-0.2, -0.15) is 0 Å². The van der Waals surface area contributed by atoms with Gasteiger partial charge in [0.25, 0.3) is 11.8 Å². The Kier molecular flexibility index (Phi) is 8.89. The number of carbonyl (C=O) groups is 4. The molecule has 0 bridgehead atoms. The molecular formula is C19H23N5O9S2. The molecule has 3 N–H and O–H groups in total. The SMILES string of the molecule is CCOC(=O)OCOC(=O)C1=C(COC)CS[C@@H]2C(NC(=O)/C(=N\OC)c3csc(N)n3)C(=O)N12. The van der Waals surface area contributed by atoms with Gasteiger partial charge in [-0.15, -0.1) is 23.1 Å². The molecule has 2 atom stereocenters. The number of thiazole rings is 1. The molecule has 2 aliphatic rings. The van der Waals surface area contributed by atoms with Gasteiger partial charge in [0.15, 0.2) is 10.8 Å². The van der Waals surface area contributed by atoms with E-state index in [1.165, 1.54) is 36.3 Å². The second kappa shape index (κ2) is 11.9. The van der Waals surface area contributed by atoms with Crippen LogP contribution in [0.4, 0.5) is 9.93 Å². The number of β-lactam (4-membered cyclic amide) rings is 1. The van der Waals surface area contributed by atoms with Crippen molar-refractivity contribution >= 4 is 57.9 Å². The molecule has 0 aliphatic carbocycles. The number of esters is 1. The Labute approximate surface area is 207 Å². The molecule has 2 aliphatic heterocycles. The number of aromatic nitrogens is 1. The normalized spacial score (nSPS) is 19.5. The third kappa shape index (κ3) is 5.83. The van der Waals surface area contributed by atoms with Crippen LogP contribution in [0, 0.1) is 0 Å². The zero-order valence-electron chi connectivity index (χ0n) is 19.0. The van der Waals surface area contributed by atoms with Crippen molar-refractivity contribution < 1.29 is 43.0 Å². The lowest BCUT2D eigenvalue weighted by molar-refractivity contribution is -0.157. The minimum absolute atomic E-state index is 0.0309. The van der Waals surface area contributed by atoms with Crippen molar-refractivity contribution in [3.63, 3.8) is 0 Å². The molecule has 0 spiro atoms. The highest BCUT2D eigenvalue weighted by molar-refractivity contribution is 8.00. The number of anilines is 1. The molecule has 1 fully saturated rings. The van der Waals surface area contributed by atoms with Crippen LogP contribution in [0.5, 0.6) is 0 Å². The largest absolute Gasteiger partial charge is 0.511 e. The van der Waals surface area contributed by atoms with E-state index in [-0.39, 0.29) is 35.4 Å². The fraction of sp³-hybridized carbons (Fsp3) is 0.474. The maximum Gasteiger partial charge on any atom is 0.511 e. The summed E-state index contributed by atoms with van der Waals surface area (Å²) >= 11 is 2.45. The first-order valence-corrected chi connectivity index (χ1v) is 12.0. The highest BCUT2D eigenvalue weighted by atomic mass is 32.2. The van der Waals surface area contributed by atoms with Gasteiger partial charge in [-0.05, 0) is 12.5 Å². The van der Waals surface area contributed by atoms with E-state index in [2.05, 4.69) is 24.9 Å². The van der Waals surface area contributed by atoms with E-state index >= 15 is 0 Å². The number of nitrogens with two attached hydrogens (primary N) is 1. The number of oxime groups is 1. The first-order valence-electron chi connectivity index (χ1n) is 10.1. The molecule has 1 unspecified atom stereocenters. The van der Waals surface area contributed by atoms with E-state index in [0.717, 1.165) is 11.3 Å². The van der Waals surface area contributed by atoms with E-state index in [1.54, 1.807) is 6.92 Å². The van der Waals surface area contributed by atoms with Crippen molar-refractivity contribution in [2.24, 2.45) is 5.16 Å². The molecule has 2 amide bonds. The molecule has 14 nitrogen and oxygen atoms in total. The Balaban J connectivity index is 1.72. The van der Waals surface area contributed by atoms with E-state index in [1.807, 2.05) is 0 Å². The number of fused-ring (bicyclic) bond motifs is 1. The number of hydrogen-bond acceptors (Lipinski definition) is 14. The molecule has 1 aromatic heterocycles. The van der Waals surface area contributed by atoms with Crippen molar-refractivity contribution in [2.45, 2.75) is 18.3 Å². The number of ether oxygens (including phenoxy) is 4. The van der Waals surface area contributed by atoms with Crippen molar-refractivity contribution in [3.8, 4) is 0 Å². The Morgan fingerprint density at radius 2 is 2.06 bits per heavy atom. The topological polar surface area (TPSA) is 181 Å². The van der Waals surface area contributed by atoms with Gasteiger partial charge >= 0.3 is 12.1 Å². The first kappa shape index (κ1) is 26.2. The molecule has 190 valence electrons. The lowest BCUT2D eigenvalue weighted by Crippen LogP contribution is -2.71. The fourth-order valence-corrected chi connectivity index (χ4v) is 5.09.